The van der Waals surface area contributed by atoms with Crippen LogP contribution in [0.5, 0.6) is 0 Å². The number of fused-ring (bicyclic) bond motifs is 1. The average Bonchev–Trinajstić information content (AvgIpc) is 3.22. The average molecular weight is 474 g/mol. The second-order valence-corrected chi connectivity index (χ2v) is 9.08. The maximum absolute atomic E-state index is 13.4. The van der Waals surface area contributed by atoms with Crippen molar-refractivity contribution < 1.29 is 18.0 Å². The van der Waals surface area contributed by atoms with Gasteiger partial charge in [-0.25, -0.2) is 4.98 Å². The molecule has 32 heavy (non-hydrogen) atoms. The summed E-state index contributed by atoms with van der Waals surface area (Å²) in [4.78, 5) is 23.9. The number of anilines is 1. The standard InChI is InChI=1S/C23H18F3N3OS2/c24-23(25,26)18-9-4-10-19-21(18)28-22(32-19)29(15-16-6-5-12-27-14-16)20(30)11-13-31-17-7-2-1-3-8-17/h1-10,12,14H,11,13,15H2. The van der Waals surface area contributed by atoms with Crippen LogP contribution in [0, 0.1) is 0 Å². The Balaban J connectivity index is 1.61. The van der Waals surface area contributed by atoms with E-state index in [0.29, 0.717) is 10.5 Å². The highest BCUT2D eigenvalue weighted by Crippen LogP contribution is 2.38. The van der Waals surface area contributed by atoms with E-state index in [9.17, 15) is 18.0 Å². The van der Waals surface area contributed by atoms with Crippen LogP contribution >= 0.6 is 23.1 Å². The third kappa shape index (κ3) is 5.28. The molecule has 0 unspecified atom stereocenters. The van der Waals surface area contributed by atoms with Crippen LogP contribution in [0.15, 0.2) is 78.0 Å². The van der Waals surface area contributed by atoms with Crippen molar-refractivity contribution in [2.75, 3.05) is 10.7 Å². The van der Waals surface area contributed by atoms with Gasteiger partial charge in [0.15, 0.2) is 5.13 Å². The predicted molar refractivity (Wildman–Crippen MR) is 122 cm³/mol. The van der Waals surface area contributed by atoms with E-state index in [-0.39, 0.29) is 29.5 Å². The number of carbonyl (C=O) groups is 1. The number of carbonyl (C=O) groups excluding carboxylic acids is 1. The van der Waals surface area contributed by atoms with Gasteiger partial charge < -0.3 is 0 Å². The SMILES string of the molecule is O=C(CCSc1ccccc1)N(Cc1cccnc1)c1nc2c(C(F)(F)F)cccc2s1. The van der Waals surface area contributed by atoms with Crippen LogP contribution in [0.1, 0.15) is 17.5 Å². The highest BCUT2D eigenvalue weighted by Gasteiger charge is 2.34. The third-order valence-electron chi connectivity index (χ3n) is 4.64. The summed E-state index contributed by atoms with van der Waals surface area (Å²) in [6.45, 7) is 0.184. The number of pyridine rings is 1. The molecule has 164 valence electrons. The summed E-state index contributed by atoms with van der Waals surface area (Å²) in [5.41, 5.74) is -0.166. The summed E-state index contributed by atoms with van der Waals surface area (Å²) in [5.74, 6) is 0.343. The number of para-hydroxylation sites is 1. The van der Waals surface area contributed by atoms with Crippen LogP contribution in [0.25, 0.3) is 10.2 Å². The lowest BCUT2D eigenvalue weighted by atomic mass is 10.2. The molecule has 0 radical (unpaired) electrons. The molecule has 0 fully saturated rings. The minimum atomic E-state index is -4.52. The normalized spacial score (nSPS) is 11.6. The number of thiazole rings is 1. The maximum atomic E-state index is 13.4. The molecule has 1 amide bonds. The number of nitrogens with zero attached hydrogens (tertiary/aromatic N) is 3. The van der Waals surface area contributed by atoms with Crippen LogP contribution in [0.2, 0.25) is 0 Å². The lowest BCUT2D eigenvalue weighted by Crippen LogP contribution is -2.30. The van der Waals surface area contributed by atoms with E-state index in [1.54, 1.807) is 36.3 Å². The summed E-state index contributed by atoms with van der Waals surface area (Å²) in [5, 5.41) is 0.246. The Hall–Kier alpha value is -2.91. The van der Waals surface area contributed by atoms with Gasteiger partial charge in [-0.15, -0.1) is 11.8 Å². The first-order chi connectivity index (χ1) is 15.4. The molecular formula is C23H18F3N3OS2. The quantitative estimate of drug-likeness (QED) is 0.290. The lowest BCUT2D eigenvalue weighted by molar-refractivity contribution is -0.136. The molecule has 0 atom stereocenters. The Morgan fingerprint density at radius 3 is 2.56 bits per heavy atom. The van der Waals surface area contributed by atoms with Crippen molar-refractivity contribution in [3.8, 4) is 0 Å². The highest BCUT2D eigenvalue weighted by molar-refractivity contribution is 7.99. The first-order valence-electron chi connectivity index (χ1n) is 9.75. The molecule has 0 saturated carbocycles. The van der Waals surface area contributed by atoms with Crippen molar-refractivity contribution in [2.24, 2.45) is 0 Å². The highest BCUT2D eigenvalue weighted by atomic mass is 32.2. The molecule has 2 aromatic carbocycles. The molecule has 4 rings (SSSR count). The fourth-order valence-corrected chi connectivity index (χ4v) is 5.00. The van der Waals surface area contributed by atoms with Crippen molar-refractivity contribution in [3.05, 3.63) is 84.2 Å². The largest absolute Gasteiger partial charge is 0.418 e. The Kier molecular flexibility index (Phi) is 6.76. The number of thioether (sulfide) groups is 1. The zero-order chi connectivity index (χ0) is 22.6. The number of rotatable bonds is 7. The van der Waals surface area contributed by atoms with Gasteiger partial charge in [-0.3, -0.25) is 14.7 Å². The number of benzene rings is 2. The van der Waals surface area contributed by atoms with Crippen molar-refractivity contribution in [3.63, 3.8) is 0 Å². The van der Waals surface area contributed by atoms with Gasteiger partial charge in [0.1, 0.15) is 0 Å². The fraction of sp³-hybridized carbons (Fsp3) is 0.174. The van der Waals surface area contributed by atoms with Gasteiger partial charge in [0.2, 0.25) is 5.91 Å². The molecule has 4 nitrogen and oxygen atoms in total. The first-order valence-corrected chi connectivity index (χ1v) is 11.6. The summed E-state index contributed by atoms with van der Waals surface area (Å²) in [6.07, 6.45) is -1.04. The number of hydrogen-bond acceptors (Lipinski definition) is 5. The number of aromatic nitrogens is 2. The van der Waals surface area contributed by atoms with Crippen LogP contribution in [-0.4, -0.2) is 21.6 Å². The molecule has 0 aliphatic rings. The molecule has 0 bridgehead atoms. The van der Waals surface area contributed by atoms with Crippen molar-refractivity contribution in [1.29, 1.82) is 0 Å². The van der Waals surface area contributed by atoms with Gasteiger partial charge in [0.05, 0.1) is 22.3 Å². The molecular weight excluding hydrogens is 455 g/mol. The Morgan fingerprint density at radius 1 is 1.03 bits per heavy atom. The van der Waals surface area contributed by atoms with Crippen molar-refractivity contribution in [1.82, 2.24) is 9.97 Å². The van der Waals surface area contributed by atoms with E-state index in [2.05, 4.69) is 9.97 Å². The second kappa shape index (κ2) is 9.70. The zero-order valence-corrected chi connectivity index (χ0v) is 18.4. The summed E-state index contributed by atoms with van der Waals surface area (Å²) < 4.78 is 40.7. The van der Waals surface area contributed by atoms with Gasteiger partial charge in [0, 0.05) is 29.5 Å². The van der Waals surface area contributed by atoms with Gasteiger partial charge in [-0.05, 0) is 35.9 Å². The zero-order valence-electron chi connectivity index (χ0n) is 16.7. The maximum Gasteiger partial charge on any atom is 0.418 e. The second-order valence-electron chi connectivity index (χ2n) is 6.90. The minimum absolute atomic E-state index is 0.136. The monoisotopic (exact) mass is 473 g/mol. The molecule has 2 aromatic heterocycles. The topological polar surface area (TPSA) is 46.1 Å². The molecule has 0 aliphatic heterocycles. The third-order valence-corrected chi connectivity index (χ3v) is 6.69. The van der Waals surface area contributed by atoms with E-state index >= 15 is 0 Å². The molecule has 0 N–H and O–H groups in total. The van der Waals surface area contributed by atoms with Gasteiger partial charge in [0.25, 0.3) is 0 Å². The van der Waals surface area contributed by atoms with E-state index in [1.807, 2.05) is 36.4 Å². The van der Waals surface area contributed by atoms with Gasteiger partial charge in [-0.2, -0.15) is 13.2 Å². The smallest absolute Gasteiger partial charge is 0.284 e. The molecule has 0 saturated heterocycles. The van der Waals surface area contributed by atoms with E-state index in [1.165, 1.54) is 11.0 Å². The van der Waals surface area contributed by atoms with Crippen molar-refractivity contribution in [2.45, 2.75) is 24.0 Å². The first kappa shape index (κ1) is 22.3. The minimum Gasteiger partial charge on any atom is -0.284 e. The lowest BCUT2D eigenvalue weighted by Gasteiger charge is -2.20. The van der Waals surface area contributed by atoms with E-state index in [0.717, 1.165) is 27.9 Å². The number of amides is 1. The van der Waals surface area contributed by atoms with Crippen molar-refractivity contribution >= 4 is 44.4 Å². The van der Waals surface area contributed by atoms with Gasteiger partial charge >= 0.3 is 6.18 Å². The molecule has 2 heterocycles. The Labute approximate surface area is 191 Å². The number of alkyl halides is 3. The van der Waals surface area contributed by atoms with E-state index in [4.69, 9.17) is 0 Å². The number of hydrogen-bond donors (Lipinski definition) is 0. The summed E-state index contributed by atoms with van der Waals surface area (Å²) in [6, 6.07) is 17.2. The summed E-state index contributed by atoms with van der Waals surface area (Å²) >= 11 is 2.63. The van der Waals surface area contributed by atoms with Gasteiger partial charge in [-0.1, -0.05) is 41.7 Å². The fourth-order valence-electron chi connectivity index (χ4n) is 3.13. The number of halogens is 3. The molecule has 9 heteroatoms. The predicted octanol–water partition coefficient (Wildman–Crippen LogP) is 6.43. The van der Waals surface area contributed by atoms with Crippen LogP contribution in [-0.2, 0) is 17.5 Å². The Morgan fingerprint density at radius 2 is 1.84 bits per heavy atom. The van der Waals surface area contributed by atoms with Crippen LogP contribution in [0.4, 0.5) is 18.3 Å². The van der Waals surface area contributed by atoms with Crippen LogP contribution in [0.3, 0.4) is 0 Å². The Bertz CT molecular complexity index is 1200. The molecule has 0 spiro atoms. The van der Waals surface area contributed by atoms with Crippen LogP contribution < -0.4 is 4.90 Å². The molecule has 0 aliphatic carbocycles. The van der Waals surface area contributed by atoms with E-state index < -0.39 is 11.7 Å². The summed E-state index contributed by atoms with van der Waals surface area (Å²) in [7, 11) is 0. The molecule has 4 aromatic rings.